The van der Waals surface area contributed by atoms with Gasteiger partial charge in [0.1, 0.15) is 6.54 Å². The number of amides is 1. The lowest BCUT2D eigenvalue weighted by molar-refractivity contribution is -0.384. The molecule has 1 amide bonds. The molecule has 0 radical (unpaired) electrons. The molecule has 1 heterocycles. The molecule has 25 heavy (non-hydrogen) atoms. The highest BCUT2D eigenvalue weighted by molar-refractivity contribution is 5.99. The second-order valence-electron chi connectivity index (χ2n) is 5.40. The first-order valence-corrected chi connectivity index (χ1v) is 7.52. The van der Waals surface area contributed by atoms with Crippen LogP contribution < -0.4 is 5.43 Å². The van der Waals surface area contributed by atoms with Crippen LogP contribution in [0.5, 0.6) is 0 Å². The highest BCUT2D eigenvalue weighted by Gasteiger charge is 2.08. The van der Waals surface area contributed by atoms with Gasteiger partial charge in [-0.05, 0) is 36.8 Å². The first-order chi connectivity index (χ1) is 12.0. The Morgan fingerprint density at radius 3 is 2.68 bits per heavy atom. The van der Waals surface area contributed by atoms with Crippen LogP contribution in [0.15, 0.2) is 60.0 Å². The number of nitrogens with one attached hydrogen (secondary N) is 1. The average Bonchev–Trinajstić information content (AvgIpc) is 3.03. The van der Waals surface area contributed by atoms with Gasteiger partial charge in [0.05, 0.1) is 28.0 Å². The summed E-state index contributed by atoms with van der Waals surface area (Å²) in [6, 6.07) is 13.5. The monoisotopic (exact) mass is 337 g/mol. The number of nitrogens with zero attached hydrogens (tertiary/aromatic N) is 4. The minimum absolute atomic E-state index is 0.00701. The SMILES string of the molecule is CC(=NNC(=O)Cn1cnc2ccccc21)c1ccc([N+](=O)[O-])cc1. The molecule has 0 spiro atoms. The van der Waals surface area contributed by atoms with Crippen LogP contribution in [-0.2, 0) is 11.3 Å². The molecule has 0 atom stereocenters. The van der Waals surface area contributed by atoms with E-state index < -0.39 is 4.92 Å². The number of aromatic nitrogens is 2. The number of nitro benzene ring substituents is 1. The Morgan fingerprint density at radius 2 is 1.96 bits per heavy atom. The number of hydrogen-bond donors (Lipinski definition) is 1. The van der Waals surface area contributed by atoms with E-state index in [0.29, 0.717) is 11.3 Å². The fourth-order valence-corrected chi connectivity index (χ4v) is 2.36. The number of para-hydroxylation sites is 2. The molecule has 1 N–H and O–H groups in total. The van der Waals surface area contributed by atoms with Gasteiger partial charge in [-0.1, -0.05) is 12.1 Å². The third kappa shape index (κ3) is 3.69. The van der Waals surface area contributed by atoms with Gasteiger partial charge < -0.3 is 4.57 Å². The first-order valence-electron chi connectivity index (χ1n) is 7.52. The van der Waals surface area contributed by atoms with Gasteiger partial charge in [-0.3, -0.25) is 14.9 Å². The van der Waals surface area contributed by atoms with Crippen molar-refractivity contribution in [2.24, 2.45) is 5.10 Å². The van der Waals surface area contributed by atoms with Gasteiger partial charge in [-0.15, -0.1) is 0 Å². The Bertz CT molecular complexity index is 960. The maximum Gasteiger partial charge on any atom is 0.269 e. The Morgan fingerprint density at radius 1 is 1.24 bits per heavy atom. The van der Waals surface area contributed by atoms with Crippen LogP contribution in [0.3, 0.4) is 0 Å². The number of carbonyl (C=O) groups is 1. The van der Waals surface area contributed by atoms with E-state index in [2.05, 4.69) is 15.5 Å². The molecule has 3 rings (SSSR count). The van der Waals surface area contributed by atoms with Crippen molar-refractivity contribution in [2.45, 2.75) is 13.5 Å². The molecular weight excluding hydrogens is 322 g/mol. The van der Waals surface area contributed by atoms with E-state index in [1.165, 1.54) is 12.1 Å². The summed E-state index contributed by atoms with van der Waals surface area (Å²) in [4.78, 5) is 26.5. The van der Waals surface area contributed by atoms with Gasteiger partial charge in [0, 0.05) is 12.1 Å². The first kappa shape index (κ1) is 16.3. The van der Waals surface area contributed by atoms with Crippen molar-refractivity contribution in [2.75, 3.05) is 0 Å². The number of non-ortho nitro benzene ring substituents is 1. The van der Waals surface area contributed by atoms with Crippen LogP contribution in [0, 0.1) is 10.1 Å². The van der Waals surface area contributed by atoms with Crippen LogP contribution in [0.4, 0.5) is 5.69 Å². The quantitative estimate of drug-likeness (QED) is 0.439. The molecule has 0 aliphatic rings. The van der Waals surface area contributed by atoms with Gasteiger partial charge in [-0.25, -0.2) is 10.4 Å². The van der Waals surface area contributed by atoms with Gasteiger partial charge in [0.15, 0.2) is 0 Å². The lowest BCUT2D eigenvalue weighted by atomic mass is 10.1. The van der Waals surface area contributed by atoms with Crippen molar-refractivity contribution >= 4 is 28.3 Å². The molecule has 0 saturated heterocycles. The molecule has 2 aromatic carbocycles. The number of fused-ring (bicyclic) bond motifs is 1. The fraction of sp³-hybridized carbons (Fsp3) is 0.118. The molecule has 0 bridgehead atoms. The van der Waals surface area contributed by atoms with Crippen LogP contribution in [-0.4, -0.2) is 26.1 Å². The summed E-state index contributed by atoms with van der Waals surface area (Å²) >= 11 is 0. The number of hydrazone groups is 1. The van der Waals surface area contributed by atoms with Crippen molar-refractivity contribution in [3.8, 4) is 0 Å². The topological polar surface area (TPSA) is 102 Å². The summed E-state index contributed by atoms with van der Waals surface area (Å²) in [6.45, 7) is 1.81. The minimum Gasteiger partial charge on any atom is -0.321 e. The summed E-state index contributed by atoms with van der Waals surface area (Å²) in [5, 5.41) is 14.7. The standard InChI is InChI=1S/C17H15N5O3/c1-12(13-6-8-14(9-7-13)22(24)25)19-20-17(23)10-21-11-18-15-4-2-3-5-16(15)21/h2-9,11H,10H2,1H3,(H,20,23). The normalized spacial score (nSPS) is 11.5. The zero-order chi connectivity index (χ0) is 17.8. The summed E-state index contributed by atoms with van der Waals surface area (Å²) in [5.74, 6) is -0.288. The Balaban J connectivity index is 1.66. The van der Waals surface area contributed by atoms with Crippen molar-refractivity contribution in [1.29, 1.82) is 0 Å². The van der Waals surface area contributed by atoms with E-state index in [4.69, 9.17) is 0 Å². The van der Waals surface area contributed by atoms with E-state index in [-0.39, 0.29) is 18.1 Å². The number of nitro groups is 1. The summed E-state index contributed by atoms with van der Waals surface area (Å²) < 4.78 is 1.74. The van der Waals surface area contributed by atoms with Gasteiger partial charge in [0.2, 0.25) is 0 Å². The van der Waals surface area contributed by atoms with E-state index >= 15 is 0 Å². The molecule has 0 saturated carbocycles. The predicted molar refractivity (Wildman–Crippen MR) is 93.2 cm³/mol. The maximum absolute atomic E-state index is 12.1. The van der Waals surface area contributed by atoms with Gasteiger partial charge >= 0.3 is 0 Å². The molecule has 0 fully saturated rings. The number of benzene rings is 2. The molecule has 3 aromatic rings. The number of rotatable bonds is 5. The van der Waals surface area contributed by atoms with Crippen LogP contribution in [0.2, 0.25) is 0 Å². The second-order valence-corrected chi connectivity index (χ2v) is 5.40. The largest absolute Gasteiger partial charge is 0.321 e. The summed E-state index contributed by atoms with van der Waals surface area (Å²) in [6.07, 6.45) is 1.61. The van der Waals surface area contributed by atoms with Crippen LogP contribution >= 0.6 is 0 Å². The Labute approximate surface area is 142 Å². The Hall–Kier alpha value is -3.55. The minimum atomic E-state index is -0.465. The molecule has 0 aliphatic heterocycles. The van der Waals surface area contributed by atoms with Crippen LogP contribution in [0.25, 0.3) is 11.0 Å². The summed E-state index contributed by atoms with van der Waals surface area (Å²) in [5.41, 5.74) is 5.43. The molecule has 8 nitrogen and oxygen atoms in total. The Kier molecular flexibility index (Phi) is 4.51. The van der Waals surface area contributed by atoms with Gasteiger partial charge in [0.25, 0.3) is 11.6 Å². The van der Waals surface area contributed by atoms with Crippen molar-refractivity contribution in [1.82, 2.24) is 15.0 Å². The van der Waals surface area contributed by atoms with Crippen LogP contribution in [0.1, 0.15) is 12.5 Å². The maximum atomic E-state index is 12.1. The van der Waals surface area contributed by atoms with Gasteiger partial charge in [-0.2, -0.15) is 5.10 Å². The van der Waals surface area contributed by atoms with Crippen molar-refractivity contribution < 1.29 is 9.72 Å². The third-order valence-electron chi connectivity index (χ3n) is 3.69. The smallest absolute Gasteiger partial charge is 0.269 e. The third-order valence-corrected chi connectivity index (χ3v) is 3.69. The number of imidazole rings is 1. The van der Waals surface area contributed by atoms with E-state index in [9.17, 15) is 14.9 Å². The fourth-order valence-electron chi connectivity index (χ4n) is 2.36. The highest BCUT2D eigenvalue weighted by atomic mass is 16.6. The second kappa shape index (κ2) is 6.91. The van der Waals surface area contributed by atoms with Crippen molar-refractivity contribution in [3.63, 3.8) is 0 Å². The zero-order valence-corrected chi connectivity index (χ0v) is 13.4. The van der Waals surface area contributed by atoms with E-state index in [0.717, 1.165) is 11.0 Å². The molecule has 0 aliphatic carbocycles. The lowest BCUT2D eigenvalue weighted by Gasteiger charge is -2.05. The van der Waals surface area contributed by atoms with E-state index in [1.54, 1.807) is 30.0 Å². The predicted octanol–water partition coefficient (Wildman–Crippen LogP) is 2.48. The summed E-state index contributed by atoms with van der Waals surface area (Å²) in [7, 11) is 0. The van der Waals surface area contributed by atoms with Crippen molar-refractivity contribution in [3.05, 3.63) is 70.5 Å². The van der Waals surface area contributed by atoms with E-state index in [1.807, 2.05) is 24.3 Å². The molecule has 0 unspecified atom stereocenters. The molecule has 8 heteroatoms. The molecule has 126 valence electrons. The lowest BCUT2D eigenvalue weighted by Crippen LogP contribution is -2.24. The number of carbonyl (C=O) groups excluding carboxylic acids is 1. The average molecular weight is 337 g/mol. The molecular formula is C17H15N5O3. The highest BCUT2D eigenvalue weighted by Crippen LogP contribution is 2.13. The number of hydrogen-bond acceptors (Lipinski definition) is 5. The zero-order valence-electron chi connectivity index (χ0n) is 13.4. The molecule has 1 aromatic heterocycles.